The lowest BCUT2D eigenvalue weighted by Gasteiger charge is -2.28. The van der Waals surface area contributed by atoms with Gasteiger partial charge in [0.05, 0.1) is 24.0 Å². The Labute approximate surface area is 199 Å². The Morgan fingerprint density at radius 1 is 1.35 bits per heavy atom. The van der Waals surface area contributed by atoms with Crippen molar-refractivity contribution >= 4 is 34.9 Å². The minimum Gasteiger partial charge on any atom is -0.435 e. The van der Waals surface area contributed by atoms with Gasteiger partial charge in [0.15, 0.2) is 6.19 Å². The second-order valence-electron chi connectivity index (χ2n) is 6.97. The summed E-state index contributed by atoms with van der Waals surface area (Å²) in [6.07, 6.45) is 1.80. The van der Waals surface area contributed by atoms with E-state index >= 15 is 0 Å². The van der Waals surface area contributed by atoms with E-state index in [9.17, 15) is 23.9 Å². The van der Waals surface area contributed by atoms with Gasteiger partial charge in [0.1, 0.15) is 12.4 Å². The summed E-state index contributed by atoms with van der Waals surface area (Å²) in [6.45, 7) is -1.37. The molecular weight excluding hydrogens is 470 g/mol. The zero-order valence-electron chi connectivity index (χ0n) is 18.0. The van der Waals surface area contributed by atoms with E-state index in [-0.39, 0.29) is 18.3 Å². The lowest BCUT2D eigenvalue weighted by Crippen LogP contribution is -2.49. The predicted octanol–water partition coefficient (Wildman–Crippen LogP) is 2.93. The van der Waals surface area contributed by atoms with E-state index in [1.54, 1.807) is 37.4 Å². The summed E-state index contributed by atoms with van der Waals surface area (Å²) in [6, 6.07) is 11.9. The van der Waals surface area contributed by atoms with Crippen molar-refractivity contribution in [2.45, 2.75) is 19.6 Å². The minimum atomic E-state index is -2.95. The fourth-order valence-electron chi connectivity index (χ4n) is 3.42. The van der Waals surface area contributed by atoms with Gasteiger partial charge in [0, 0.05) is 17.1 Å². The van der Waals surface area contributed by atoms with Gasteiger partial charge in [-0.1, -0.05) is 23.7 Å². The van der Waals surface area contributed by atoms with Crippen LogP contribution in [-0.4, -0.2) is 64.9 Å². The molecule has 1 heterocycles. The molecule has 1 aliphatic heterocycles. The predicted molar refractivity (Wildman–Crippen MR) is 122 cm³/mol. The zero-order valence-corrected chi connectivity index (χ0v) is 18.8. The number of carbonyl (C=O) groups is 1. The fourth-order valence-corrected chi connectivity index (χ4v) is 3.55. The van der Waals surface area contributed by atoms with E-state index < -0.39 is 25.2 Å². The standard InChI is InChI=1S/C22H21ClF2N6O3/c1-2-30(19(33)12-32)18-11-31(29-20(18)14-3-5-15(23)6-4-14)22(27-13-26)28-16-7-9-17(10-8-16)34-21(24)25/h3-10,18,21,32H,2,11-12H2,1H3,(H,27,28). The van der Waals surface area contributed by atoms with E-state index in [1.807, 2.05) is 0 Å². The van der Waals surface area contributed by atoms with E-state index in [1.165, 1.54) is 34.2 Å². The van der Waals surface area contributed by atoms with Crippen molar-refractivity contribution in [2.24, 2.45) is 10.1 Å². The van der Waals surface area contributed by atoms with Crippen LogP contribution in [0.5, 0.6) is 5.75 Å². The van der Waals surface area contributed by atoms with Gasteiger partial charge in [-0.15, -0.1) is 0 Å². The van der Waals surface area contributed by atoms with Gasteiger partial charge in [-0.05, 0) is 43.3 Å². The van der Waals surface area contributed by atoms with Crippen LogP contribution in [0.2, 0.25) is 5.02 Å². The maximum atomic E-state index is 12.4. The van der Waals surface area contributed by atoms with Crippen molar-refractivity contribution in [2.75, 3.05) is 19.7 Å². The van der Waals surface area contributed by atoms with Gasteiger partial charge < -0.3 is 14.7 Å². The fraction of sp³-hybridized carbons (Fsp3) is 0.273. The second-order valence-corrected chi connectivity index (χ2v) is 7.41. The Morgan fingerprint density at radius 2 is 2.03 bits per heavy atom. The van der Waals surface area contributed by atoms with E-state index in [0.717, 1.165) is 0 Å². The zero-order chi connectivity index (χ0) is 24.7. The first kappa shape index (κ1) is 24.9. The molecular formula is C22H21ClF2N6O3. The molecule has 0 radical (unpaired) electrons. The number of nitrogens with one attached hydrogen (secondary N) is 1. The molecule has 0 saturated carbocycles. The highest BCUT2D eigenvalue weighted by Crippen LogP contribution is 2.24. The summed E-state index contributed by atoms with van der Waals surface area (Å²) in [7, 11) is 0. The number of nitrogens with zero attached hydrogens (tertiary/aromatic N) is 5. The Balaban J connectivity index is 1.97. The molecule has 12 heteroatoms. The Kier molecular flexibility index (Phi) is 8.34. The van der Waals surface area contributed by atoms with E-state index in [2.05, 4.69) is 20.1 Å². The number of hydrogen-bond donors (Lipinski definition) is 2. The van der Waals surface area contributed by atoms with E-state index in [4.69, 9.17) is 11.6 Å². The third kappa shape index (κ3) is 5.98. The lowest BCUT2D eigenvalue weighted by atomic mass is 10.0. The quantitative estimate of drug-likeness (QED) is 0.267. The molecule has 34 heavy (non-hydrogen) atoms. The monoisotopic (exact) mass is 490 g/mol. The molecule has 0 aromatic heterocycles. The van der Waals surface area contributed by atoms with Crippen molar-refractivity contribution in [1.82, 2.24) is 15.2 Å². The van der Waals surface area contributed by atoms with Crippen molar-refractivity contribution < 1.29 is 23.4 Å². The number of likely N-dealkylation sites (N-methyl/N-ethyl adjacent to an activating group) is 1. The summed E-state index contributed by atoms with van der Waals surface area (Å²) in [4.78, 5) is 18.2. The summed E-state index contributed by atoms with van der Waals surface area (Å²) < 4.78 is 29.1. The minimum absolute atomic E-state index is 0.0332. The number of rotatable bonds is 7. The van der Waals surface area contributed by atoms with Gasteiger partial charge >= 0.3 is 6.61 Å². The molecule has 0 fully saturated rings. The smallest absolute Gasteiger partial charge is 0.387 e. The van der Waals surface area contributed by atoms with Crippen molar-refractivity contribution in [3.8, 4) is 11.9 Å². The third-order valence-electron chi connectivity index (χ3n) is 4.91. The number of carbonyl (C=O) groups excluding carboxylic acids is 1. The van der Waals surface area contributed by atoms with Gasteiger partial charge in [-0.2, -0.15) is 19.1 Å². The van der Waals surface area contributed by atoms with Crippen LogP contribution in [0.1, 0.15) is 12.5 Å². The molecule has 1 aliphatic rings. The molecule has 1 atom stereocenters. The summed E-state index contributed by atoms with van der Waals surface area (Å²) in [5, 5.41) is 27.7. The number of alkyl halides is 2. The number of hydrazone groups is 1. The number of aliphatic hydroxyl groups is 1. The summed E-state index contributed by atoms with van der Waals surface area (Å²) >= 11 is 6.00. The van der Waals surface area contributed by atoms with Crippen LogP contribution in [0.25, 0.3) is 0 Å². The number of aliphatic hydroxyl groups excluding tert-OH is 1. The number of nitriles is 1. The highest BCUT2D eigenvalue weighted by molar-refractivity contribution is 6.30. The van der Waals surface area contributed by atoms with Crippen LogP contribution >= 0.6 is 11.6 Å². The van der Waals surface area contributed by atoms with Crippen LogP contribution in [0.4, 0.5) is 14.5 Å². The van der Waals surface area contributed by atoms with Crippen molar-refractivity contribution in [3.63, 3.8) is 0 Å². The largest absolute Gasteiger partial charge is 0.435 e. The lowest BCUT2D eigenvalue weighted by molar-refractivity contribution is -0.135. The van der Waals surface area contributed by atoms with Crippen molar-refractivity contribution in [3.05, 3.63) is 59.1 Å². The number of aliphatic imine (C=N–C) groups is 1. The highest BCUT2D eigenvalue weighted by atomic mass is 35.5. The topological polar surface area (TPSA) is 114 Å². The first-order valence-electron chi connectivity index (χ1n) is 10.2. The Hall–Kier alpha value is -3.75. The third-order valence-corrected chi connectivity index (χ3v) is 5.16. The summed E-state index contributed by atoms with van der Waals surface area (Å²) in [5.74, 6) is -0.446. The van der Waals surface area contributed by atoms with Crippen molar-refractivity contribution in [1.29, 1.82) is 5.26 Å². The number of amides is 1. The van der Waals surface area contributed by atoms with Crippen LogP contribution < -0.4 is 10.1 Å². The average molecular weight is 491 g/mol. The number of halogens is 3. The van der Waals surface area contributed by atoms with Gasteiger partial charge in [-0.25, -0.2) is 10.0 Å². The molecule has 2 aromatic rings. The molecule has 9 nitrogen and oxygen atoms in total. The highest BCUT2D eigenvalue weighted by Gasteiger charge is 2.36. The molecule has 178 valence electrons. The van der Waals surface area contributed by atoms with Crippen LogP contribution in [0, 0.1) is 11.5 Å². The van der Waals surface area contributed by atoms with Gasteiger partial charge in [0.25, 0.3) is 0 Å². The molecule has 0 bridgehead atoms. The van der Waals surface area contributed by atoms with Crippen LogP contribution in [-0.2, 0) is 4.79 Å². The maximum absolute atomic E-state index is 12.4. The van der Waals surface area contributed by atoms with E-state index in [0.29, 0.717) is 28.5 Å². The molecule has 0 aliphatic carbocycles. The molecule has 0 saturated heterocycles. The molecule has 3 rings (SSSR count). The van der Waals surface area contributed by atoms with Gasteiger partial charge in [0.2, 0.25) is 11.9 Å². The number of ether oxygens (including phenoxy) is 1. The first-order valence-corrected chi connectivity index (χ1v) is 10.5. The molecule has 2 N–H and O–H groups in total. The molecule has 1 amide bonds. The number of benzene rings is 2. The van der Waals surface area contributed by atoms with Crippen LogP contribution in [0.15, 0.2) is 58.6 Å². The molecule has 0 spiro atoms. The Bertz CT molecular complexity index is 1100. The average Bonchev–Trinajstić information content (AvgIpc) is 3.25. The summed E-state index contributed by atoms with van der Waals surface area (Å²) in [5.41, 5.74) is 1.57. The number of hydrogen-bond acceptors (Lipinski definition) is 6. The molecule has 1 unspecified atom stereocenters. The normalized spacial score (nSPS) is 15.7. The second kappa shape index (κ2) is 11.4. The first-order chi connectivity index (χ1) is 16.4. The van der Waals surface area contributed by atoms with Crippen LogP contribution in [0.3, 0.4) is 0 Å². The maximum Gasteiger partial charge on any atom is 0.387 e. The van der Waals surface area contributed by atoms with Gasteiger partial charge in [-0.3, -0.25) is 10.1 Å². The Morgan fingerprint density at radius 3 is 2.59 bits per heavy atom. The SMILES string of the molecule is CCN(C(=O)CO)C1CN(C(=Nc2ccc(OC(F)F)cc2)NC#N)N=C1c1ccc(Cl)cc1. The number of guanidine groups is 1. The molecule has 2 aromatic carbocycles.